The molecular weight excluding hydrogens is 656 g/mol. The third-order valence-corrected chi connectivity index (χ3v) is 11.6. The number of hydrogen-bond donors (Lipinski definition) is 2. The predicted molar refractivity (Wildman–Crippen MR) is 203 cm³/mol. The Morgan fingerprint density at radius 3 is 2.27 bits per heavy atom. The first kappa shape index (κ1) is 35.8. The van der Waals surface area contributed by atoms with Crippen LogP contribution in [0, 0.1) is 17.8 Å². The number of carbonyl (C=O) groups is 1. The van der Waals surface area contributed by atoms with Crippen molar-refractivity contribution in [2.45, 2.75) is 83.4 Å². The maximum atomic E-state index is 13.4. The molecule has 3 aromatic heterocycles. The second-order valence-electron chi connectivity index (χ2n) is 15.3. The summed E-state index contributed by atoms with van der Waals surface area (Å²) in [4.78, 5) is 44.4. The first-order chi connectivity index (χ1) is 25.1. The number of aromatic nitrogens is 5. The van der Waals surface area contributed by atoms with Gasteiger partial charge in [-0.2, -0.15) is 4.98 Å². The molecule has 1 saturated heterocycles. The third kappa shape index (κ3) is 7.50. The number of nitrogens with one attached hydrogen (secondary N) is 1. The number of anilines is 3. The van der Waals surface area contributed by atoms with Crippen LogP contribution < -0.4 is 15.8 Å². The summed E-state index contributed by atoms with van der Waals surface area (Å²) >= 11 is 0. The van der Waals surface area contributed by atoms with Crippen molar-refractivity contribution in [2.24, 2.45) is 17.8 Å². The number of hydrogen-bond acceptors (Lipinski definition) is 10. The molecule has 12 nitrogen and oxygen atoms in total. The lowest BCUT2D eigenvalue weighted by atomic mass is 9.70. The standard InChI is InChI=1S/C40H52N8O4/c1-5-21-47-37(49)33-26-41-39(44-36(33)48(47)35-8-6-7-34(43-35)40(2,3)51)42-30-15-19-32(20-16-30)46-24-22-45(23-25-46)31-17-13-28(14-18-31)27-9-11-29(12-10-27)38(50)52-4/h5-8,15-16,19-20,26-29,31,51H,1,9-14,17-18,21-25H2,2-4H3,(H,41,42,44). The van der Waals surface area contributed by atoms with Crippen LogP contribution in [0.5, 0.6) is 0 Å². The number of pyridine rings is 1. The molecule has 2 N–H and O–H groups in total. The maximum Gasteiger partial charge on any atom is 0.308 e. The number of nitrogens with zero attached hydrogens (tertiary/aromatic N) is 7. The Kier molecular flexibility index (Phi) is 10.5. The zero-order chi connectivity index (χ0) is 36.4. The van der Waals surface area contributed by atoms with Gasteiger partial charge in [0.1, 0.15) is 11.0 Å². The highest BCUT2D eigenvalue weighted by molar-refractivity contribution is 5.77. The second-order valence-corrected chi connectivity index (χ2v) is 15.3. The molecule has 52 heavy (non-hydrogen) atoms. The lowest BCUT2D eigenvalue weighted by molar-refractivity contribution is -0.147. The fourth-order valence-corrected chi connectivity index (χ4v) is 8.65. The van der Waals surface area contributed by atoms with Gasteiger partial charge in [-0.05, 0) is 113 Å². The van der Waals surface area contributed by atoms with Gasteiger partial charge in [-0.1, -0.05) is 12.1 Å². The van der Waals surface area contributed by atoms with Gasteiger partial charge in [0.05, 0.1) is 25.3 Å². The van der Waals surface area contributed by atoms with Crippen LogP contribution in [0.25, 0.3) is 16.9 Å². The highest BCUT2D eigenvalue weighted by Crippen LogP contribution is 2.41. The van der Waals surface area contributed by atoms with Gasteiger partial charge in [-0.15, -0.1) is 6.58 Å². The van der Waals surface area contributed by atoms with Crippen LogP contribution in [-0.4, -0.2) is 79.6 Å². The molecule has 0 spiro atoms. The van der Waals surface area contributed by atoms with Crippen LogP contribution in [0.2, 0.25) is 0 Å². The van der Waals surface area contributed by atoms with E-state index in [-0.39, 0.29) is 24.0 Å². The van der Waals surface area contributed by atoms with E-state index in [2.05, 4.69) is 43.8 Å². The zero-order valence-electron chi connectivity index (χ0n) is 30.7. The van der Waals surface area contributed by atoms with Crippen LogP contribution in [-0.2, 0) is 21.7 Å². The van der Waals surface area contributed by atoms with Gasteiger partial charge in [-0.25, -0.2) is 19.3 Å². The van der Waals surface area contributed by atoms with Crippen molar-refractivity contribution in [1.29, 1.82) is 0 Å². The van der Waals surface area contributed by atoms with Crippen molar-refractivity contribution in [3.05, 3.63) is 77.4 Å². The molecule has 0 radical (unpaired) electrons. The molecule has 0 bridgehead atoms. The number of aliphatic hydroxyl groups is 1. The van der Waals surface area contributed by atoms with E-state index >= 15 is 0 Å². The van der Waals surface area contributed by atoms with Crippen LogP contribution in [0.3, 0.4) is 0 Å². The number of carbonyl (C=O) groups excluding carboxylic acids is 1. The first-order valence-electron chi connectivity index (χ1n) is 18.9. The number of esters is 1. The zero-order valence-corrected chi connectivity index (χ0v) is 30.7. The number of ether oxygens (including phenoxy) is 1. The van der Waals surface area contributed by atoms with Crippen LogP contribution in [0.15, 0.2) is 66.1 Å². The molecule has 4 heterocycles. The van der Waals surface area contributed by atoms with Gasteiger partial charge in [-0.3, -0.25) is 14.5 Å². The summed E-state index contributed by atoms with van der Waals surface area (Å²) in [6, 6.07) is 14.4. The van der Waals surface area contributed by atoms with Crippen molar-refractivity contribution < 1.29 is 14.6 Å². The highest BCUT2D eigenvalue weighted by Gasteiger charge is 2.35. The maximum absolute atomic E-state index is 13.4. The SMILES string of the molecule is C=CCn1c(=O)c2cnc(Nc3ccc(N4CCN(C5CCC(C6CCC(C(=O)OC)CC6)CC5)CC4)cc3)nc2n1-c1cccc(C(C)(C)O)n1. The van der Waals surface area contributed by atoms with E-state index in [1.807, 2.05) is 12.1 Å². The molecule has 7 rings (SSSR count). The Bertz CT molecular complexity index is 1920. The molecule has 12 heteroatoms. The number of benzene rings is 1. The molecular formula is C40H52N8O4. The van der Waals surface area contributed by atoms with Gasteiger partial charge in [0.25, 0.3) is 5.56 Å². The highest BCUT2D eigenvalue weighted by atomic mass is 16.5. The van der Waals surface area contributed by atoms with Crippen molar-refractivity contribution >= 4 is 34.3 Å². The number of fused-ring (bicyclic) bond motifs is 1. The topological polar surface area (TPSA) is 131 Å². The number of methoxy groups -OCH3 is 1. The minimum absolute atomic E-state index is 0.0209. The monoisotopic (exact) mass is 708 g/mol. The normalized spacial score (nSPS) is 23.0. The molecule has 1 aromatic carbocycles. The Balaban J connectivity index is 0.960. The molecule has 4 aromatic rings. The van der Waals surface area contributed by atoms with Crippen molar-refractivity contribution in [3.63, 3.8) is 0 Å². The van der Waals surface area contributed by atoms with Gasteiger partial charge < -0.3 is 20.1 Å². The summed E-state index contributed by atoms with van der Waals surface area (Å²) in [5, 5.41) is 14.3. The Labute approximate surface area is 305 Å². The molecule has 3 aliphatic rings. The number of allylic oxidation sites excluding steroid dienone is 1. The van der Waals surface area contributed by atoms with Crippen LogP contribution >= 0.6 is 0 Å². The molecule has 0 amide bonds. The fourth-order valence-electron chi connectivity index (χ4n) is 8.65. The van der Waals surface area contributed by atoms with Crippen molar-refractivity contribution in [3.8, 4) is 5.82 Å². The van der Waals surface area contributed by atoms with E-state index in [1.54, 1.807) is 49.0 Å². The van der Waals surface area contributed by atoms with Crippen LogP contribution in [0.1, 0.15) is 70.9 Å². The number of rotatable bonds is 10. The lowest BCUT2D eigenvalue weighted by Crippen LogP contribution is -2.51. The minimum atomic E-state index is -1.15. The van der Waals surface area contributed by atoms with E-state index in [4.69, 9.17) is 9.72 Å². The van der Waals surface area contributed by atoms with Gasteiger partial charge in [0, 0.05) is 49.8 Å². The Morgan fingerprint density at radius 2 is 1.63 bits per heavy atom. The van der Waals surface area contributed by atoms with Gasteiger partial charge >= 0.3 is 5.97 Å². The third-order valence-electron chi connectivity index (χ3n) is 11.6. The molecule has 0 atom stereocenters. The Morgan fingerprint density at radius 1 is 0.962 bits per heavy atom. The van der Waals surface area contributed by atoms with E-state index in [0.29, 0.717) is 34.5 Å². The second kappa shape index (κ2) is 15.2. The smallest absolute Gasteiger partial charge is 0.308 e. The minimum Gasteiger partial charge on any atom is -0.469 e. The predicted octanol–water partition coefficient (Wildman–Crippen LogP) is 5.79. The average molecular weight is 709 g/mol. The summed E-state index contributed by atoms with van der Waals surface area (Å²) < 4.78 is 8.17. The van der Waals surface area contributed by atoms with Gasteiger partial charge in [0.15, 0.2) is 11.5 Å². The molecule has 2 saturated carbocycles. The quantitative estimate of drug-likeness (QED) is 0.154. The lowest BCUT2D eigenvalue weighted by Gasteiger charge is -2.44. The van der Waals surface area contributed by atoms with Crippen molar-refractivity contribution in [1.82, 2.24) is 29.2 Å². The molecule has 2 aliphatic carbocycles. The van der Waals surface area contributed by atoms with E-state index in [9.17, 15) is 14.7 Å². The Hall–Kier alpha value is -4.55. The van der Waals surface area contributed by atoms with Crippen LogP contribution in [0.4, 0.5) is 17.3 Å². The summed E-state index contributed by atoms with van der Waals surface area (Å²) in [6.07, 6.45) is 12.7. The van der Waals surface area contributed by atoms with E-state index < -0.39 is 5.60 Å². The largest absolute Gasteiger partial charge is 0.469 e. The van der Waals surface area contributed by atoms with E-state index in [1.165, 1.54) is 56.0 Å². The summed E-state index contributed by atoms with van der Waals surface area (Å²) in [7, 11) is 1.51. The fraction of sp³-hybridized carbons (Fsp3) is 0.525. The molecule has 276 valence electrons. The average Bonchev–Trinajstić information content (AvgIpc) is 3.44. The number of piperazine rings is 1. The molecule has 3 fully saturated rings. The first-order valence-corrected chi connectivity index (χ1v) is 18.9. The summed E-state index contributed by atoms with van der Waals surface area (Å²) in [6.45, 7) is 11.6. The summed E-state index contributed by atoms with van der Waals surface area (Å²) in [5.74, 6) is 2.51. The van der Waals surface area contributed by atoms with Gasteiger partial charge in [0.2, 0.25) is 5.95 Å². The van der Waals surface area contributed by atoms with Crippen molar-refractivity contribution in [2.75, 3.05) is 43.5 Å². The summed E-state index contributed by atoms with van der Waals surface area (Å²) in [5.41, 5.74) is 1.53. The molecule has 0 unspecified atom stereocenters. The van der Waals surface area contributed by atoms with E-state index in [0.717, 1.165) is 56.5 Å². The molecule has 1 aliphatic heterocycles.